The van der Waals surface area contributed by atoms with E-state index in [1.807, 2.05) is 35.2 Å². The monoisotopic (exact) mass is 387 g/mol. The minimum absolute atomic E-state index is 0.133. The third-order valence-electron chi connectivity index (χ3n) is 5.14. The van der Waals surface area contributed by atoms with E-state index in [0.29, 0.717) is 19.6 Å². The van der Waals surface area contributed by atoms with Gasteiger partial charge in [-0.2, -0.15) is 0 Å². The molecule has 0 aromatic heterocycles. The fourth-order valence-corrected chi connectivity index (χ4v) is 3.52. The molecule has 2 fully saturated rings. The molecule has 2 saturated heterocycles. The Balaban J connectivity index is 1.65. The number of carbonyl (C=O) groups excluding carboxylic acids is 4. The molecule has 0 aliphatic carbocycles. The lowest BCUT2D eigenvalue weighted by molar-refractivity contribution is -0.142. The number of primary amides is 1. The third kappa shape index (κ3) is 3.99. The molecule has 0 saturated carbocycles. The van der Waals surface area contributed by atoms with E-state index in [0.717, 1.165) is 10.5 Å². The normalized spacial score (nSPS) is 22.3. The molecule has 9 nitrogen and oxygen atoms in total. The Labute approximate surface area is 163 Å². The number of piperazine rings is 1. The van der Waals surface area contributed by atoms with Gasteiger partial charge in [0.05, 0.1) is 0 Å². The zero-order valence-corrected chi connectivity index (χ0v) is 16.1. The van der Waals surface area contributed by atoms with Crippen LogP contribution in [0.2, 0.25) is 0 Å². The Kier molecular flexibility index (Phi) is 5.37. The van der Waals surface area contributed by atoms with Gasteiger partial charge < -0.3 is 16.0 Å². The maximum atomic E-state index is 12.7. The summed E-state index contributed by atoms with van der Waals surface area (Å²) in [5.74, 6) is -1.34. The lowest BCUT2D eigenvalue weighted by Crippen LogP contribution is -2.60. The molecule has 3 N–H and O–H groups in total. The highest BCUT2D eigenvalue weighted by Gasteiger charge is 2.45. The van der Waals surface area contributed by atoms with Crippen molar-refractivity contribution in [2.45, 2.75) is 32.0 Å². The topological polar surface area (TPSA) is 116 Å². The lowest BCUT2D eigenvalue weighted by Gasteiger charge is -2.40. The molecule has 1 aromatic rings. The second-order valence-corrected chi connectivity index (χ2v) is 7.66. The molecule has 2 aliphatic heterocycles. The van der Waals surface area contributed by atoms with Crippen LogP contribution >= 0.6 is 0 Å². The molecule has 0 unspecified atom stereocenters. The molecular formula is C19H25N5O4. The predicted molar refractivity (Wildman–Crippen MR) is 101 cm³/mol. The summed E-state index contributed by atoms with van der Waals surface area (Å²) in [5, 5.41) is 2.55. The lowest BCUT2D eigenvalue weighted by atomic mass is 10.1. The van der Waals surface area contributed by atoms with Gasteiger partial charge >= 0.3 is 6.03 Å². The number of imide groups is 1. The van der Waals surface area contributed by atoms with Crippen molar-refractivity contribution in [2.75, 3.05) is 26.2 Å². The number of nitrogens with two attached hydrogens (primary N) is 1. The standard InChI is InChI=1S/C19H25N5O4/c1-19(2)17(27)24(18(28)21-19)12-15(25)23-9-8-22(14(11-23)16(20)26)10-13-6-4-3-5-7-13/h3-7,14H,8-12H2,1-2H3,(H2,20,26)(H,21,28)/t14-/m0/s1. The van der Waals surface area contributed by atoms with Crippen molar-refractivity contribution in [2.24, 2.45) is 5.73 Å². The Hall–Kier alpha value is -2.94. The number of hydrogen-bond donors (Lipinski definition) is 2. The highest BCUT2D eigenvalue weighted by atomic mass is 16.2. The van der Waals surface area contributed by atoms with Crippen molar-refractivity contribution in [3.8, 4) is 0 Å². The summed E-state index contributed by atoms with van der Waals surface area (Å²) >= 11 is 0. The molecule has 1 atom stereocenters. The molecule has 0 spiro atoms. The largest absolute Gasteiger partial charge is 0.368 e. The van der Waals surface area contributed by atoms with Crippen LogP contribution in [-0.4, -0.2) is 76.2 Å². The average Bonchev–Trinajstić information content (AvgIpc) is 2.84. The van der Waals surface area contributed by atoms with Crippen LogP contribution in [0.1, 0.15) is 19.4 Å². The smallest absolute Gasteiger partial charge is 0.325 e. The van der Waals surface area contributed by atoms with Crippen molar-refractivity contribution < 1.29 is 19.2 Å². The van der Waals surface area contributed by atoms with E-state index in [1.165, 1.54) is 4.90 Å². The van der Waals surface area contributed by atoms with Crippen LogP contribution in [0.5, 0.6) is 0 Å². The maximum Gasteiger partial charge on any atom is 0.325 e. The van der Waals surface area contributed by atoms with Gasteiger partial charge in [0, 0.05) is 26.2 Å². The number of nitrogens with one attached hydrogen (secondary N) is 1. The van der Waals surface area contributed by atoms with Crippen molar-refractivity contribution in [3.05, 3.63) is 35.9 Å². The van der Waals surface area contributed by atoms with Crippen molar-refractivity contribution in [3.63, 3.8) is 0 Å². The second kappa shape index (κ2) is 7.59. The molecule has 9 heteroatoms. The van der Waals surface area contributed by atoms with Gasteiger partial charge in [-0.1, -0.05) is 30.3 Å². The zero-order valence-electron chi connectivity index (χ0n) is 16.1. The van der Waals surface area contributed by atoms with Crippen molar-refractivity contribution in [1.29, 1.82) is 0 Å². The quantitative estimate of drug-likeness (QED) is 0.662. The van der Waals surface area contributed by atoms with E-state index < -0.39 is 29.4 Å². The van der Waals surface area contributed by atoms with E-state index in [1.54, 1.807) is 13.8 Å². The summed E-state index contributed by atoms with van der Waals surface area (Å²) in [4.78, 5) is 53.2. The van der Waals surface area contributed by atoms with Crippen LogP contribution in [-0.2, 0) is 20.9 Å². The molecule has 150 valence electrons. The number of hydrogen-bond acceptors (Lipinski definition) is 5. The fraction of sp³-hybridized carbons (Fsp3) is 0.474. The average molecular weight is 387 g/mol. The van der Waals surface area contributed by atoms with Gasteiger partial charge in [-0.3, -0.25) is 24.2 Å². The number of urea groups is 1. The van der Waals surface area contributed by atoms with Gasteiger partial charge in [0.15, 0.2) is 0 Å². The minimum Gasteiger partial charge on any atom is -0.368 e. The number of nitrogens with zero attached hydrogens (tertiary/aromatic N) is 3. The van der Waals surface area contributed by atoms with Gasteiger partial charge in [-0.15, -0.1) is 0 Å². The zero-order chi connectivity index (χ0) is 20.5. The summed E-state index contributed by atoms with van der Waals surface area (Å²) in [6, 6.07) is 8.49. The SMILES string of the molecule is CC1(C)NC(=O)N(CC(=O)N2CCN(Cc3ccccc3)[C@H](C(N)=O)C2)C1=O. The predicted octanol–water partition coefficient (Wildman–Crippen LogP) is -0.485. The fourth-order valence-electron chi connectivity index (χ4n) is 3.52. The van der Waals surface area contributed by atoms with E-state index in [2.05, 4.69) is 5.32 Å². The molecular weight excluding hydrogens is 362 g/mol. The van der Waals surface area contributed by atoms with E-state index in [-0.39, 0.29) is 19.0 Å². The molecule has 2 aliphatic rings. The van der Waals surface area contributed by atoms with Crippen LogP contribution in [0, 0.1) is 0 Å². The van der Waals surface area contributed by atoms with Gasteiger partial charge in [0.25, 0.3) is 5.91 Å². The molecule has 0 radical (unpaired) electrons. The van der Waals surface area contributed by atoms with Gasteiger partial charge in [0.1, 0.15) is 18.1 Å². The van der Waals surface area contributed by atoms with Crippen LogP contribution in [0.4, 0.5) is 4.79 Å². The van der Waals surface area contributed by atoms with Gasteiger partial charge in [0.2, 0.25) is 11.8 Å². The third-order valence-corrected chi connectivity index (χ3v) is 5.14. The first-order chi connectivity index (χ1) is 13.2. The Morgan fingerprint density at radius 3 is 2.43 bits per heavy atom. The first kappa shape index (κ1) is 19.8. The van der Waals surface area contributed by atoms with Crippen LogP contribution in [0.15, 0.2) is 30.3 Å². The summed E-state index contributed by atoms with van der Waals surface area (Å²) in [5.41, 5.74) is 5.59. The summed E-state index contributed by atoms with van der Waals surface area (Å²) in [6.45, 7) is 4.37. The Morgan fingerprint density at radius 1 is 1.18 bits per heavy atom. The summed E-state index contributed by atoms with van der Waals surface area (Å²) in [7, 11) is 0. The number of amides is 5. The molecule has 0 bridgehead atoms. The van der Waals surface area contributed by atoms with E-state index in [9.17, 15) is 19.2 Å². The maximum absolute atomic E-state index is 12.7. The first-order valence-corrected chi connectivity index (χ1v) is 9.18. The molecule has 28 heavy (non-hydrogen) atoms. The highest BCUT2D eigenvalue weighted by molar-refractivity contribution is 6.08. The van der Waals surface area contributed by atoms with Crippen LogP contribution in [0.3, 0.4) is 0 Å². The highest BCUT2D eigenvalue weighted by Crippen LogP contribution is 2.18. The molecule has 3 rings (SSSR count). The van der Waals surface area contributed by atoms with Crippen molar-refractivity contribution in [1.82, 2.24) is 20.0 Å². The van der Waals surface area contributed by atoms with E-state index in [4.69, 9.17) is 5.73 Å². The van der Waals surface area contributed by atoms with Crippen LogP contribution in [0.25, 0.3) is 0 Å². The molecule has 5 amide bonds. The molecule has 1 aromatic carbocycles. The summed E-state index contributed by atoms with van der Waals surface area (Å²) < 4.78 is 0. The second-order valence-electron chi connectivity index (χ2n) is 7.66. The number of benzene rings is 1. The first-order valence-electron chi connectivity index (χ1n) is 9.18. The van der Waals surface area contributed by atoms with Crippen molar-refractivity contribution >= 4 is 23.8 Å². The Morgan fingerprint density at radius 2 is 1.86 bits per heavy atom. The summed E-state index contributed by atoms with van der Waals surface area (Å²) in [6.07, 6.45) is 0. The minimum atomic E-state index is -1.03. The number of rotatable bonds is 5. The van der Waals surface area contributed by atoms with Crippen LogP contribution < -0.4 is 11.1 Å². The van der Waals surface area contributed by atoms with Gasteiger partial charge in [-0.25, -0.2) is 4.79 Å². The van der Waals surface area contributed by atoms with E-state index >= 15 is 0 Å². The Bertz CT molecular complexity index is 795. The number of carbonyl (C=O) groups is 4. The van der Waals surface area contributed by atoms with Gasteiger partial charge in [-0.05, 0) is 19.4 Å². The molecule has 2 heterocycles.